The summed E-state index contributed by atoms with van der Waals surface area (Å²) in [5.41, 5.74) is 4.87. The molecule has 1 aromatic heterocycles. The Morgan fingerprint density at radius 1 is 1.18 bits per heavy atom. The van der Waals surface area contributed by atoms with Crippen molar-refractivity contribution in [2.45, 2.75) is 30.5 Å². The maximum absolute atomic E-state index is 12.9. The van der Waals surface area contributed by atoms with E-state index in [4.69, 9.17) is 0 Å². The van der Waals surface area contributed by atoms with E-state index in [1.165, 1.54) is 22.9 Å². The molecular weight excluding hydrogens is 366 g/mol. The molecule has 4 rings (SSSR count). The number of imidazole rings is 1. The van der Waals surface area contributed by atoms with Crippen LogP contribution in [0.2, 0.25) is 0 Å². The van der Waals surface area contributed by atoms with Crippen LogP contribution in [0.1, 0.15) is 30.0 Å². The highest BCUT2D eigenvalue weighted by atomic mass is 32.2. The highest BCUT2D eigenvalue weighted by Gasteiger charge is 2.26. The number of carbonyl (C=O) groups is 1. The summed E-state index contributed by atoms with van der Waals surface area (Å²) in [5, 5.41) is 0.865. The molecule has 5 heteroatoms. The second-order valence-electron chi connectivity index (χ2n) is 7.25. The molecule has 1 atom stereocenters. The van der Waals surface area contributed by atoms with Gasteiger partial charge in [0.05, 0.1) is 23.7 Å². The molecule has 28 heavy (non-hydrogen) atoms. The topological polar surface area (TPSA) is 38.1 Å². The van der Waals surface area contributed by atoms with Gasteiger partial charge in [0.2, 0.25) is 5.91 Å². The normalized spacial score (nSPS) is 15.9. The summed E-state index contributed by atoms with van der Waals surface area (Å²) in [5.74, 6) is 0.546. The van der Waals surface area contributed by atoms with Gasteiger partial charge < -0.3 is 9.47 Å². The largest absolute Gasteiger partial charge is 0.338 e. The third-order valence-corrected chi connectivity index (χ3v) is 6.57. The van der Waals surface area contributed by atoms with Crippen molar-refractivity contribution in [3.8, 4) is 11.3 Å². The Morgan fingerprint density at radius 2 is 1.93 bits per heavy atom. The zero-order valence-corrected chi connectivity index (χ0v) is 17.2. The van der Waals surface area contributed by atoms with E-state index in [-0.39, 0.29) is 11.9 Å². The van der Waals surface area contributed by atoms with Gasteiger partial charge in [-0.25, -0.2) is 4.98 Å². The van der Waals surface area contributed by atoms with Crippen LogP contribution in [-0.4, -0.2) is 33.2 Å². The predicted octanol–water partition coefficient (Wildman–Crippen LogP) is 4.72. The lowest BCUT2D eigenvalue weighted by Crippen LogP contribution is -2.34. The molecule has 0 saturated heterocycles. The molecule has 0 radical (unpaired) electrons. The molecular formula is C23H25N3OS. The van der Waals surface area contributed by atoms with Crippen molar-refractivity contribution in [2.75, 3.05) is 12.8 Å². The maximum atomic E-state index is 12.9. The average molecular weight is 392 g/mol. The third kappa shape index (κ3) is 3.72. The Balaban J connectivity index is 1.43. The first kappa shape index (κ1) is 18.8. The average Bonchev–Trinajstić information content (AvgIpc) is 3.12. The fourth-order valence-corrected chi connectivity index (χ4v) is 4.81. The molecule has 2 aromatic carbocycles. The molecule has 0 saturated carbocycles. The van der Waals surface area contributed by atoms with Crippen LogP contribution in [0.15, 0.2) is 66.0 Å². The van der Waals surface area contributed by atoms with Crippen molar-refractivity contribution >= 4 is 17.7 Å². The zero-order valence-electron chi connectivity index (χ0n) is 16.3. The summed E-state index contributed by atoms with van der Waals surface area (Å²) in [6.07, 6.45) is 5.15. The SMILES string of the molecule is CN(C(=O)CSc1ncc(-c2ccccc2)n1C)[C@@H]1CCCc2ccccc21. The number of carbonyl (C=O) groups excluding carboxylic acids is 1. The summed E-state index contributed by atoms with van der Waals surface area (Å²) in [6, 6.07) is 18.9. The number of hydrogen-bond donors (Lipinski definition) is 0. The fraction of sp³-hybridized carbons (Fsp3) is 0.304. The summed E-state index contributed by atoms with van der Waals surface area (Å²) < 4.78 is 2.06. The summed E-state index contributed by atoms with van der Waals surface area (Å²) in [7, 11) is 3.94. The number of aromatic nitrogens is 2. The predicted molar refractivity (Wildman–Crippen MR) is 114 cm³/mol. The molecule has 0 fully saturated rings. The molecule has 0 bridgehead atoms. The standard InChI is InChI=1S/C23H25N3OS/c1-25(20-14-8-12-17-9-6-7-13-19(17)20)22(27)16-28-23-24-15-21(26(23)2)18-10-4-3-5-11-18/h3-7,9-11,13,15,20H,8,12,14,16H2,1-2H3/t20-/m1/s1. The van der Waals surface area contributed by atoms with Gasteiger partial charge in [0.1, 0.15) is 0 Å². The van der Waals surface area contributed by atoms with E-state index in [1.54, 1.807) is 0 Å². The van der Waals surface area contributed by atoms with Crippen molar-refractivity contribution in [2.24, 2.45) is 7.05 Å². The summed E-state index contributed by atoms with van der Waals surface area (Å²) in [4.78, 5) is 19.3. The van der Waals surface area contributed by atoms with Crippen LogP contribution in [0.5, 0.6) is 0 Å². The van der Waals surface area contributed by atoms with Crippen molar-refractivity contribution < 1.29 is 4.79 Å². The number of rotatable bonds is 5. The molecule has 0 aliphatic heterocycles. The van der Waals surface area contributed by atoms with E-state index in [0.717, 1.165) is 35.7 Å². The van der Waals surface area contributed by atoms with E-state index in [1.807, 2.05) is 43.4 Å². The van der Waals surface area contributed by atoms with Crippen LogP contribution >= 0.6 is 11.8 Å². The van der Waals surface area contributed by atoms with Crippen LogP contribution in [0, 0.1) is 0 Å². The van der Waals surface area contributed by atoms with E-state index in [0.29, 0.717) is 5.75 Å². The Hall–Kier alpha value is -2.53. The third-order valence-electron chi connectivity index (χ3n) is 5.54. The smallest absolute Gasteiger partial charge is 0.233 e. The summed E-state index contributed by atoms with van der Waals surface area (Å²) in [6.45, 7) is 0. The number of amides is 1. The van der Waals surface area contributed by atoms with Gasteiger partial charge in [0.25, 0.3) is 0 Å². The number of nitrogens with zero attached hydrogens (tertiary/aromatic N) is 3. The number of hydrogen-bond acceptors (Lipinski definition) is 3. The van der Waals surface area contributed by atoms with Gasteiger partial charge in [-0.1, -0.05) is 66.4 Å². The molecule has 4 nitrogen and oxygen atoms in total. The molecule has 0 N–H and O–H groups in total. The van der Waals surface area contributed by atoms with Gasteiger partial charge >= 0.3 is 0 Å². The second kappa shape index (κ2) is 8.23. The minimum Gasteiger partial charge on any atom is -0.338 e. The molecule has 0 unspecified atom stereocenters. The van der Waals surface area contributed by atoms with E-state index in [2.05, 4.69) is 45.9 Å². The Bertz CT molecular complexity index is 967. The molecule has 1 heterocycles. The molecule has 3 aromatic rings. The lowest BCUT2D eigenvalue weighted by Gasteiger charge is -2.33. The fourth-order valence-electron chi connectivity index (χ4n) is 3.94. The molecule has 1 aliphatic rings. The number of fused-ring (bicyclic) bond motifs is 1. The number of benzene rings is 2. The van der Waals surface area contributed by atoms with Crippen LogP contribution in [0.3, 0.4) is 0 Å². The maximum Gasteiger partial charge on any atom is 0.233 e. The first-order chi connectivity index (χ1) is 13.6. The Kier molecular flexibility index (Phi) is 5.53. The van der Waals surface area contributed by atoms with Gasteiger partial charge in [0.15, 0.2) is 5.16 Å². The van der Waals surface area contributed by atoms with Crippen LogP contribution < -0.4 is 0 Å². The molecule has 0 spiro atoms. The second-order valence-corrected chi connectivity index (χ2v) is 8.19. The number of aryl methyl sites for hydroxylation is 1. The molecule has 1 amide bonds. The first-order valence-electron chi connectivity index (χ1n) is 9.68. The lowest BCUT2D eigenvalue weighted by atomic mass is 9.87. The van der Waals surface area contributed by atoms with Gasteiger partial charge in [-0.05, 0) is 36.0 Å². The number of thioether (sulfide) groups is 1. The quantitative estimate of drug-likeness (QED) is 0.591. The van der Waals surface area contributed by atoms with E-state index >= 15 is 0 Å². The van der Waals surface area contributed by atoms with Crippen molar-refractivity contribution in [1.82, 2.24) is 14.5 Å². The van der Waals surface area contributed by atoms with Crippen LogP contribution in [0.4, 0.5) is 0 Å². The van der Waals surface area contributed by atoms with Crippen molar-refractivity contribution in [3.63, 3.8) is 0 Å². The Labute approximate surface area is 170 Å². The van der Waals surface area contributed by atoms with Crippen molar-refractivity contribution in [1.29, 1.82) is 0 Å². The van der Waals surface area contributed by atoms with E-state index in [9.17, 15) is 4.79 Å². The zero-order chi connectivity index (χ0) is 19.5. The van der Waals surface area contributed by atoms with Gasteiger partial charge in [0, 0.05) is 14.1 Å². The van der Waals surface area contributed by atoms with Crippen LogP contribution in [0.25, 0.3) is 11.3 Å². The lowest BCUT2D eigenvalue weighted by molar-refractivity contribution is -0.129. The summed E-state index contributed by atoms with van der Waals surface area (Å²) >= 11 is 1.50. The van der Waals surface area contributed by atoms with Gasteiger partial charge in [-0.3, -0.25) is 4.79 Å². The highest BCUT2D eigenvalue weighted by Crippen LogP contribution is 2.34. The highest BCUT2D eigenvalue weighted by molar-refractivity contribution is 7.99. The minimum absolute atomic E-state index is 0.149. The first-order valence-corrected chi connectivity index (χ1v) is 10.7. The minimum atomic E-state index is 0.149. The van der Waals surface area contributed by atoms with E-state index < -0.39 is 0 Å². The van der Waals surface area contributed by atoms with Crippen molar-refractivity contribution in [3.05, 3.63) is 71.9 Å². The van der Waals surface area contributed by atoms with Crippen LogP contribution in [-0.2, 0) is 18.3 Å². The monoisotopic (exact) mass is 391 g/mol. The van der Waals surface area contributed by atoms with Gasteiger partial charge in [-0.15, -0.1) is 0 Å². The molecule has 1 aliphatic carbocycles. The molecule has 144 valence electrons. The Morgan fingerprint density at radius 3 is 2.75 bits per heavy atom. The van der Waals surface area contributed by atoms with Gasteiger partial charge in [-0.2, -0.15) is 0 Å².